The minimum absolute atomic E-state index is 0.0117. The molecule has 102 valence electrons. The number of anilines is 1. The zero-order valence-electron chi connectivity index (χ0n) is 10.9. The number of nitrogen functional groups attached to an aromatic ring is 1. The van der Waals surface area contributed by atoms with Crippen molar-refractivity contribution >= 4 is 16.0 Å². The van der Waals surface area contributed by atoms with Crippen LogP contribution in [0.3, 0.4) is 0 Å². The Morgan fingerprint density at radius 2 is 1.78 bits per heavy atom. The molecule has 1 aromatic heterocycles. The summed E-state index contributed by atoms with van der Waals surface area (Å²) in [6.45, 7) is 7.68. The standard InChI is InChI=1S/C10H19N5O2S/c1-7(10(2,3)4)15-18(16,17)8-5-12-9(14-11)13-6-8/h5-7,15H,11H2,1-4H3,(H,12,13,14). The van der Waals surface area contributed by atoms with Gasteiger partial charge in [-0.25, -0.2) is 29.0 Å². The molecule has 8 heteroatoms. The Morgan fingerprint density at radius 1 is 1.28 bits per heavy atom. The molecule has 4 N–H and O–H groups in total. The van der Waals surface area contributed by atoms with E-state index in [9.17, 15) is 8.42 Å². The van der Waals surface area contributed by atoms with Gasteiger partial charge in [0.1, 0.15) is 4.90 Å². The molecule has 0 fully saturated rings. The van der Waals surface area contributed by atoms with Gasteiger partial charge in [0, 0.05) is 6.04 Å². The number of hydrogen-bond acceptors (Lipinski definition) is 6. The molecule has 0 radical (unpaired) electrons. The predicted octanol–water partition coefficient (Wildman–Crippen LogP) is 0.475. The van der Waals surface area contributed by atoms with Crippen LogP contribution in [-0.2, 0) is 10.0 Å². The van der Waals surface area contributed by atoms with Gasteiger partial charge in [0.25, 0.3) is 0 Å². The van der Waals surface area contributed by atoms with E-state index in [0.717, 1.165) is 0 Å². The first-order valence-electron chi connectivity index (χ1n) is 5.48. The summed E-state index contributed by atoms with van der Waals surface area (Å²) in [7, 11) is -3.61. The lowest BCUT2D eigenvalue weighted by molar-refractivity contribution is 0.317. The quantitative estimate of drug-likeness (QED) is 0.543. The maximum absolute atomic E-state index is 12.0. The Kier molecular flexibility index (Phi) is 4.25. The van der Waals surface area contributed by atoms with Crippen LogP contribution in [0.15, 0.2) is 17.3 Å². The minimum atomic E-state index is -3.61. The first-order chi connectivity index (χ1) is 8.16. The summed E-state index contributed by atoms with van der Waals surface area (Å²) in [5.74, 6) is 5.27. The molecule has 1 aromatic rings. The molecule has 1 unspecified atom stereocenters. The zero-order chi connectivity index (χ0) is 14.0. The van der Waals surface area contributed by atoms with Crippen LogP contribution in [0.4, 0.5) is 5.95 Å². The number of nitrogens with one attached hydrogen (secondary N) is 2. The van der Waals surface area contributed by atoms with Gasteiger partial charge in [-0.05, 0) is 12.3 Å². The lowest BCUT2D eigenvalue weighted by Crippen LogP contribution is -2.41. The molecule has 0 aliphatic rings. The molecule has 0 aliphatic heterocycles. The van der Waals surface area contributed by atoms with Crippen LogP contribution in [0, 0.1) is 5.41 Å². The van der Waals surface area contributed by atoms with Crippen LogP contribution in [0.25, 0.3) is 0 Å². The first-order valence-corrected chi connectivity index (χ1v) is 6.96. The van der Waals surface area contributed by atoms with E-state index in [1.807, 2.05) is 27.7 Å². The van der Waals surface area contributed by atoms with Crippen molar-refractivity contribution in [2.45, 2.75) is 38.6 Å². The molecule has 0 aromatic carbocycles. The van der Waals surface area contributed by atoms with Gasteiger partial charge in [0.2, 0.25) is 16.0 Å². The summed E-state index contributed by atoms with van der Waals surface area (Å²) in [6.07, 6.45) is 2.42. The number of aromatic nitrogens is 2. The zero-order valence-corrected chi connectivity index (χ0v) is 11.7. The monoisotopic (exact) mass is 273 g/mol. The van der Waals surface area contributed by atoms with E-state index in [1.165, 1.54) is 12.4 Å². The van der Waals surface area contributed by atoms with Crippen molar-refractivity contribution < 1.29 is 8.42 Å². The Labute approximate surface area is 107 Å². The summed E-state index contributed by atoms with van der Waals surface area (Å²) in [6, 6.07) is -0.213. The lowest BCUT2D eigenvalue weighted by Gasteiger charge is -2.27. The summed E-state index contributed by atoms with van der Waals surface area (Å²) in [5.41, 5.74) is 2.06. The molecule has 0 bridgehead atoms. The third kappa shape index (κ3) is 3.62. The molecule has 1 rings (SSSR count). The number of rotatable bonds is 4. The highest BCUT2D eigenvalue weighted by Crippen LogP contribution is 2.20. The smallest absolute Gasteiger partial charge is 0.243 e. The van der Waals surface area contributed by atoms with E-state index in [-0.39, 0.29) is 22.3 Å². The van der Waals surface area contributed by atoms with Gasteiger partial charge < -0.3 is 0 Å². The molecule has 0 spiro atoms. The highest BCUT2D eigenvalue weighted by Gasteiger charge is 2.26. The number of hydrazine groups is 1. The van der Waals surface area contributed by atoms with Gasteiger partial charge in [-0.2, -0.15) is 0 Å². The molecule has 7 nitrogen and oxygen atoms in total. The topological polar surface area (TPSA) is 110 Å². The molecule has 1 heterocycles. The van der Waals surface area contributed by atoms with Crippen LogP contribution in [-0.4, -0.2) is 24.4 Å². The molecule has 0 saturated carbocycles. The van der Waals surface area contributed by atoms with Crippen molar-refractivity contribution in [1.82, 2.24) is 14.7 Å². The summed E-state index contributed by atoms with van der Waals surface area (Å²) < 4.78 is 26.7. The van der Waals surface area contributed by atoms with E-state index in [4.69, 9.17) is 5.84 Å². The second kappa shape index (κ2) is 5.17. The van der Waals surface area contributed by atoms with Gasteiger partial charge in [0.05, 0.1) is 12.4 Å². The van der Waals surface area contributed by atoms with E-state index in [0.29, 0.717) is 0 Å². The Morgan fingerprint density at radius 3 is 2.17 bits per heavy atom. The van der Waals surface area contributed by atoms with Gasteiger partial charge >= 0.3 is 0 Å². The van der Waals surface area contributed by atoms with Gasteiger partial charge in [-0.3, -0.25) is 5.43 Å². The Balaban J connectivity index is 2.93. The van der Waals surface area contributed by atoms with E-state index in [2.05, 4.69) is 20.1 Å². The average Bonchev–Trinajstić information content (AvgIpc) is 2.27. The number of nitrogens with two attached hydrogens (primary N) is 1. The maximum atomic E-state index is 12.0. The third-order valence-electron chi connectivity index (χ3n) is 2.70. The predicted molar refractivity (Wildman–Crippen MR) is 69.1 cm³/mol. The highest BCUT2D eigenvalue weighted by molar-refractivity contribution is 7.89. The summed E-state index contributed by atoms with van der Waals surface area (Å²) in [4.78, 5) is 7.54. The van der Waals surface area contributed by atoms with Crippen LogP contribution in [0.1, 0.15) is 27.7 Å². The normalized spacial score (nSPS) is 14.3. The Hall–Kier alpha value is -1.25. The second-order valence-electron chi connectivity index (χ2n) is 5.10. The van der Waals surface area contributed by atoms with Crippen molar-refractivity contribution in [2.75, 3.05) is 5.43 Å². The van der Waals surface area contributed by atoms with Gasteiger partial charge in [-0.1, -0.05) is 20.8 Å². The third-order valence-corrected chi connectivity index (χ3v) is 4.19. The number of hydrogen-bond donors (Lipinski definition) is 3. The van der Waals surface area contributed by atoms with Crippen LogP contribution in [0.5, 0.6) is 0 Å². The van der Waals surface area contributed by atoms with E-state index < -0.39 is 10.0 Å². The molecule has 18 heavy (non-hydrogen) atoms. The molecule has 0 saturated heterocycles. The van der Waals surface area contributed by atoms with Crippen molar-refractivity contribution in [3.63, 3.8) is 0 Å². The molecule has 0 amide bonds. The fourth-order valence-electron chi connectivity index (χ4n) is 1.01. The maximum Gasteiger partial charge on any atom is 0.243 e. The lowest BCUT2D eigenvalue weighted by atomic mass is 9.89. The first kappa shape index (κ1) is 14.8. The second-order valence-corrected chi connectivity index (χ2v) is 6.81. The largest absolute Gasteiger partial charge is 0.292 e. The summed E-state index contributed by atoms with van der Waals surface area (Å²) >= 11 is 0. The molecule has 1 atom stereocenters. The number of sulfonamides is 1. The summed E-state index contributed by atoms with van der Waals surface area (Å²) in [5, 5.41) is 0. The van der Waals surface area contributed by atoms with Crippen molar-refractivity contribution in [1.29, 1.82) is 0 Å². The highest BCUT2D eigenvalue weighted by atomic mass is 32.2. The van der Waals surface area contributed by atoms with Gasteiger partial charge in [-0.15, -0.1) is 0 Å². The van der Waals surface area contributed by atoms with Gasteiger partial charge in [0.15, 0.2) is 0 Å². The van der Waals surface area contributed by atoms with Crippen LogP contribution >= 0.6 is 0 Å². The molecule has 0 aliphatic carbocycles. The Bertz CT molecular complexity index is 492. The number of nitrogens with zero attached hydrogens (tertiary/aromatic N) is 2. The fourth-order valence-corrected chi connectivity index (χ4v) is 2.35. The average molecular weight is 273 g/mol. The van der Waals surface area contributed by atoms with E-state index >= 15 is 0 Å². The minimum Gasteiger partial charge on any atom is -0.292 e. The van der Waals surface area contributed by atoms with Crippen LogP contribution in [0.2, 0.25) is 0 Å². The molecular formula is C10H19N5O2S. The van der Waals surface area contributed by atoms with Crippen molar-refractivity contribution in [3.05, 3.63) is 12.4 Å². The van der Waals surface area contributed by atoms with E-state index in [1.54, 1.807) is 0 Å². The van der Waals surface area contributed by atoms with Crippen molar-refractivity contribution in [2.24, 2.45) is 11.3 Å². The van der Waals surface area contributed by atoms with Crippen LogP contribution < -0.4 is 16.0 Å². The fraction of sp³-hybridized carbons (Fsp3) is 0.600. The van der Waals surface area contributed by atoms with Crippen molar-refractivity contribution in [3.8, 4) is 0 Å². The molecular weight excluding hydrogens is 254 g/mol. The SMILES string of the molecule is CC(NS(=O)(=O)c1cnc(NN)nc1)C(C)(C)C.